The second kappa shape index (κ2) is 14.2. The molecule has 0 aliphatic rings. The number of thiocarbonyl (C=S) groups is 1. The Kier molecular flexibility index (Phi) is 14.6. The van der Waals surface area contributed by atoms with Crippen LogP contribution in [0.4, 0.5) is 0 Å². The van der Waals surface area contributed by atoms with Crippen molar-refractivity contribution in [2.45, 2.75) is 83.5 Å². The standard InChI is InChI=1S/C15H31O3PS2/c16-19(17,18)14-12-10-8-6-4-2-1-3-5-7-9-11-13-15(20)21/h1-14H2,(H,20,21)(H2,16,17,18). The van der Waals surface area contributed by atoms with E-state index in [0.717, 1.165) is 23.5 Å². The molecule has 0 unspecified atom stereocenters. The highest BCUT2D eigenvalue weighted by Crippen LogP contribution is 2.35. The molecule has 0 aromatic carbocycles. The summed E-state index contributed by atoms with van der Waals surface area (Å²) in [5, 5.41) is 0. The van der Waals surface area contributed by atoms with Crippen molar-refractivity contribution in [3.8, 4) is 0 Å². The van der Waals surface area contributed by atoms with Crippen molar-refractivity contribution in [2.75, 3.05) is 6.16 Å². The molecule has 0 aliphatic heterocycles. The van der Waals surface area contributed by atoms with Gasteiger partial charge in [0.15, 0.2) is 0 Å². The monoisotopic (exact) mass is 354 g/mol. The van der Waals surface area contributed by atoms with Crippen LogP contribution >= 0.6 is 32.4 Å². The summed E-state index contributed by atoms with van der Waals surface area (Å²) >= 11 is 9.04. The van der Waals surface area contributed by atoms with Gasteiger partial charge in [-0.25, -0.2) is 0 Å². The van der Waals surface area contributed by atoms with Gasteiger partial charge in [0.25, 0.3) is 0 Å². The molecule has 0 aliphatic carbocycles. The largest absolute Gasteiger partial charge is 0.325 e. The molecule has 126 valence electrons. The molecule has 0 aromatic heterocycles. The summed E-state index contributed by atoms with van der Waals surface area (Å²) in [5.74, 6) is 0. The lowest BCUT2D eigenvalue weighted by molar-refractivity contribution is 0.370. The van der Waals surface area contributed by atoms with E-state index in [2.05, 4.69) is 12.6 Å². The molecular formula is C15H31O3PS2. The Morgan fingerprint density at radius 2 is 1.10 bits per heavy atom. The number of hydrogen-bond acceptors (Lipinski definition) is 2. The Balaban J connectivity index is 3.06. The van der Waals surface area contributed by atoms with Crippen LogP contribution in [0, 0.1) is 0 Å². The highest BCUT2D eigenvalue weighted by Gasteiger charge is 2.10. The van der Waals surface area contributed by atoms with Gasteiger partial charge in [-0.1, -0.05) is 76.4 Å². The number of rotatable bonds is 15. The van der Waals surface area contributed by atoms with Gasteiger partial charge >= 0.3 is 7.60 Å². The van der Waals surface area contributed by atoms with Crippen LogP contribution in [0.5, 0.6) is 0 Å². The van der Waals surface area contributed by atoms with Gasteiger partial charge in [-0.3, -0.25) is 4.57 Å². The molecule has 0 aromatic rings. The van der Waals surface area contributed by atoms with Crippen LogP contribution in [0.25, 0.3) is 0 Å². The zero-order chi connectivity index (χ0) is 16.0. The Morgan fingerprint density at radius 3 is 1.43 bits per heavy atom. The van der Waals surface area contributed by atoms with Crippen LogP contribution in [-0.2, 0) is 4.57 Å². The highest BCUT2D eigenvalue weighted by molar-refractivity contribution is 8.11. The summed E-state index contributed by atoms with van der Waals surface area (Å²) in [7, 11) is -3.76. The summed E-state index contributed by atoms with van der Waals surface area (Å²) in [6.45, 7) is 0. The number of hydrogen-bond donors (Lipinski definition) is 3. The highest BCUT2D eigenvalue weighted by atomic mass is 32.1. The van der Waals surface area contributed by atoms with E-state index < -0.39 is 7.60 Å². The maximum Gasteiger partial charge on any atom is 0.325 e. The molecule has 0 amide bonds. The quantitative estimate of drug-likeness (QED) is 0.157. The van der Waals surface area contributed by atoms with Gasteiger partial charge in [-0.15, -0.1) is 12.6 Å². The minimum absolute atomic E-state index is 0.0466. The summed E-state index contributed by atoms with van der Waals surface area (Å²) in [5.41, 5.74) is 0. The van der Waals surface area contributed by atoms with E-state index in [1.807, 2.05) is 0 Å². The predicted molar refractivity (Wildman–Crippen MR) is 98.5 cm³/mol. The van der Waals surface area contributed by atoms with E-state index in [1.54, 1.807) is 0 Å². The van der Waals surface area contributed by atoms with E-state index in [1.165, 1.54) is 57.8 Å². The molecule has 0 saturated heterocycles. The minimum atomic E-state index is -3.76. The Morgan fingerprint density at radius 1 is 0.762 bits per heavy atom. The van der Waals surface area contributed by atoms with Crippen LogP contribution in [0.1, 0.15) is 83.5 Å². The SMILES string of the molecule is O=P(O)(O)CCCCCCCCCCCCCCC(=S)S. The molecule has 0 radical (unpaired) electrons. The summed E-state index contributed by atoms with van der Waals surface area (Å²) in [6.07, 6.45) is 15.2. The predicted octanol–water partition coefficient (Wildman–Crippen LogP) is 5.49. The van der Waals surface area contributed by atoms with Crippen molar-refractivity contribution in [1.82, 2.24) is 0 Å². The maximum atomic E-state index is 10.7. The third-order valence-electron chi connectivity index (χ3n) is 3.59. The zero-order valence-electron chi connectivity index (χ0n) is 13.0. The molecule has 0 rings (SSSR count). The molecule has 21 heavy (non-hydrogen) atoms. The summed E-state index contributed by atoms with van der Waals surface area (Å²) in [4.78, 5) is 17.4. The van der Waals surface area contributed by atoms with Gasteiger partial charge < -0.3 is 9.79 Å². The first kappa shape index (κ1) is 21.6. The lowest BCUT2D eigenvalue weighted by Crippen LogP contribution is -1.88. The van der Waals surface area contributed by atoms with E-state index in [0.29, 0.717) is 6.42 Å². The van der Waals surface area contributed by atoms with Gasteiger partial charge in [0, 0.05) is 10.4 Å². The molecule has 0 fully saturated rings. The zero-order valence-corrected chi connectivity index (χ0v) is 15.6. The number of unbranched alkanes of at least 4 members (excludes halogenated alkanes) is 11. The third-order valence-corrected chi connectivity index (χ3v) is 4.92. The minimum Gasteiger partial charge on any atom is -0.324 e. The Bertz CT molecular complexity index is 305. The maximum absolute atomic E-state index is 10.7. The van der Waals surface area contributed by atoms with E-state index in [-0.39, 0.29) is 6.16 Å². The fourth-order valence-corrected chi connectivity index (χ4v) is 3.30. The van der Waals surface area contributed by atoms with Gasteiger partial charge in [-0.05, 0) is 19.3 Å². The average molecular weight is 355 g/mol. The lowest BCUT2D eigenvalue weighted by atomic mass is 10.0. The second-order valence-corrected chi connectivity index (χ2v) is 8.89. The molecule has 2 N–H and O–H groups in total. The first-order chi connectivity index (χ1) is 9.92. The van der Waals surface area contributed by atoms with Crippen LogP contribution in [0.15, 0.2) is 0 Å². The van der Waals surface area contributed by atoms with Crippen LogP contribution < -0.4 is 0 Å². The molecule has 0 heterocycles. The van der Waals surface area contributed by atoms with Gasteiger partial charge in [0.2, 0.25) is 0 Å². The van der Waals surface area contributed by atoms with Crippen molar-refractivity contribution >= 4 is 36.6 Å². The van der Waals surface area contributed by atoms with Gasteiger partial charge in [0.1, 0.15) is 0 Å². The van der Waals surface area contributed by atoms with E-state index in [4.69, 9.17) is 22.0 Å². The molecule has 3 nitrogen and oxygen atoms in total. The summed E-state index contributed by atoms with van der Waals surface area (Å²) < 4.78 is 11.5. The molecule has 0 saturated carbocycles. The molecular weight excluding hydrogens is 323 g/mol. The fraction of sp³-hybridized carbons (Fsp3) is 0.933. The van der Waals surface area contributed by atoms with Gasteiger partial charge in [0.05, 0.1) is 0 Å². The second-order valence-electron chi connectivity index (χ2n) is 5.77. The van der Waals surface area contributed by atoms with Crippen molar-refractivity contribution in [1.29, 1.82) is 0 Å². The first-order valence-corrected chi connectivity index (χ1v) is 10.8. The van der Waals surface area contributed by atoms with Crippen molar-refractivity contribution < 1.29 is 14.4 Å². The normalized spacial score (nSPS) is 11.8. The summed E-state index contributed by atoms with van der Waals surface area (Å²) in [6, 6.07) is 0. The molecule has 0 bridgehead atoms. The molecule has 6 heteroatoms. The van der Waals surface area contributed by atoms with E-state index in [9.17, 15) is 4.57 Å². The van der Waals surface area contributed by atoms with Crippen molar-refractivity contribution in [2.24, 2.45) is 0 Å². The Hall–Kier alpha value is 0.590. The van der Waals surface area contributed by atoms with Crippen LogP contribution in [0.2, 0.25) is 0 Å². The smallest absolute Gasteiger partial charge is 0.324 e. The first-order valence-electron chi connectivity index (χ1n) is 8.18. The topological polar surface area (TPSA) is 57.5 Å². The lowest BCUT2D eigenvalue weighted by Gasteiger charge is -2.04. The van der Waals surface area contributed by atoms with Crippen LogP contribution in [0.3, 0.4) is 0 Å². The van der Waals surface area contributed by atoms with Crippen molar-refractivity contribution in [3.63, 3.8) is 0 Å². The van der Waals surface area contributed by atoms with Crippen LogP contribution in [-0.4, -0.2) is 20.1 Å². The fourth-order valence-electron chi connectivity index (χ4n) is 2.36. The Labute approximate surface area is 140 Å². The molecule has 0 atom stereocenters. The third kappa shape index (κ3) is 20.6. The van der Waals surface area contributed by atoms with Crippen molar-refractivity contribution in [3.05, 3.63) is 0 Å². The number of thiol groups is 1. The van der Waals surface area contributed by atoms with E-state index >= 15 is 0 Å². The van der Waals surface area contributed by atoms with Gasteiger partial charge in [-0.2, -0.15) is 0 Å². The molecule has 0 spiro atoms. The average Bonchev–Trinajstić information content (AvgIpc) is 2.37.